The quantitative estimate of drug-likeness (QED) is 0.848. The summed E-state index contributed by atoms with van der Waals surface area (Å²) in [5, 5.41) is 6.01. The number of hydrogen-bond donors (Lipinski definition) is 2. The smallest absolute Gasteiger partial charge is 0.221 e. The highest BCUT2D eigenvalue weighted by molar-refractivity contribution is 9.10. The van der Waals surface area contributed by atoms with Gasteiger partial charge in [-0.05, 0) is 24.1 Å². The number of hydrogen-bond acceptors (Lipinski definition) is 2. The highest BCUT2D eigenvalue weighted by Gasteiger charge is 2.08. The maximum absolute atomic E-state index is 11.1. The molecule has 0 fully saturated rings. The number of halogens is 1. The van der Waals surface area contributed by atoms with E-state index >= 15 is 0 Å². The first-order valence-corrected chi connectivity index (χ1v) is 6.66. The molecule has 0 aromatic heterocycles. The van der Waals surface area contributed by atoms with Crippen molar-refractivity contribution < 1.29 is 4.79 Å². The molecular weight excluding hydrogens is 280 g/mol. The van der Waals surface area contributed by atoms with Gasteiger partial charge in [0.2, 0.25) is 5.91 Å². The Kier molecular flexibility index (Phi) is 6.22. The zero-order valence-electron chi connectivity index (χ0n) is 10.3. The number of carbonyl (C=O) groups excluding carboxylic acids is 1. The van der Waals surface area contributed by atoms with Crippen molar-refractivity contribution in [3.05, 3.63) is 34.3 Å². The van der Waals surface area contributed by atoms with Gasteiger partial charge < -0.3 is 10.6 Å². The van der Waals surface area contributed by atoms with Crippen LogP contribution in [0.25, 0.3) is 0 Å². The summed E-state index contributed by atoms with van der Waals surface area (Å²) in [4.78, 5) is 11.1. The van der Waals surface area contributed by atoms with E-state index in [0.29, 0.717) is 19.0 Å². The molecule has 4 heteroatoms. The predicted molar refractivity (Wildman–Crippen MR) is 73.9 cm³/mol. The van der Waals surface area contributed by atoms with Crippen molar-refractivity contribution in [2.45, 2.75) is 25.8 Å². The second kappa shape index (κ2) is 7.45. The number of benzene rings is 1. The van der Waals surface area contributed by atoms with Crippen LogP contribution >= 0.6 is 15.9 Å². The summed E-state index contributed by atoms with van der Waals surface area (Å²) >= 11 is 3.42. The highest BCUT2D eigenvalue weighted by Crippen LogP contribution is 2.19. The van der Waals surface area contributed by atoms with Gasteiger partial charge >= 0.3 is 0 Å². The van der Waals surface area contributed by atoms with Gasteiger partial charge in [0.1, 0.15) is 0 Å². The molecule has 1 amide bonds. The van der Waals surface area contributed by atoms with Gasteiger partial charge in [0.15, 0.2) is 0 Å². The van der Waals surface area contributed by atoms with Gasteiger partial charge in [-0.15, -0.1) is 0 Å². The molecule has 17 heavy (non-hydrogen) atoms. The number of carbonyl (C=O) groups is 1. The molecular formula is C13H19BrN2O. The van der Waals surface area contributed by atoms with E-state index in [0.717, 1.165) is 10.9 Å². The Labute approximate surface area is 111 Å². The molecule has 3 nitrogen and oxygen atoms in total. The molecule has 1 unspecified atom stereocenters. The topological polar surface area (TPSA) is 41.1 Å². The van der Waals surface area contributed by atoms with Gasteiger partial charge in [-0.3, -0.25) is 4.79 Å². The lowest BCUT2D eigenvalue weighted by molar-refractivity contribution is -0.120. The SMILES string of the molecule is CCC(NCCC(=O)NC)c1ccc(Br)cc1. The Bertz CT molecular complexity index is 351. The molecule has 0 radical (unpaired) electrons. The molecule has 0 heterocycles. The summed E-state index contributed by atoms with van der Waals surface area (Å²) in [5.41, 5.74) is 1.26. The van der Waals surface area contributed by atoms with Crippen LogP contribution in [0, 0.1) is 0 Å². The Morgan fingerprint density at radius 3 is 2.53 bits per heavy atom. The second-order valence-corrected chi connectivity index (χ2v) is 4.81. The lowest BCUT2D eigenvalue weighted by Crippen LogP contribution is -2.27. The van der Waals surface area contributed by atoms with E-state index in [1.54, 1.807) is 7.05 Å². The maximum atomic E-state index is 11.1. The minimum Gasteiger partial charge on any atom is -0.359 e. The van der Waals surface area contributed by atoms with E-state index in [9.17, 15) is 4.79 Å². The van der Waals surface area contributed by atoms with Crippen LogP contribution in [0.2, 0.25) is 0 Å². The van der Waals surface area contributed by atoms with Crippen LogP contribution in [0.4, 0.5) is 0 Å². The molecule has 0 aliphatic heterocycles. The fourth-order valence-corrected chi connectivity index (χ4v) is 1.94. The van der Waals surface area contributed by atoms with Gasteiger partial charge in [0, 0.05) is 30.5 Å². The molecule has 0 aliphatic carbocycles. The highest BCUT2D eigenvalue weighted by atomic mass is 79.9. The minimum atomic E-state index is 0.0724. The molecule has 0 aliphatic rings. The lowest BCUT2D eigenvalue weighted by atomic mass is 10.0. The first-order valence-electron chi connectivity index (χ1n) is 5.86. The third kappa shape index (κ3) is 4.88. The predicted octanol–water partition coefficient (Wildman–Crippen LogP) is 2.63. The average Bonchev–Trinajstić information content (AvgIpc) is 2.35. The molecule has 0 bridgehead atoms. The zero-order chi connectivity index (χ0) is 12.7. The van der Waals surface area contributed by atoms with Crippen LogP contribution in [0.3, 0.4) is 0 Å². The van der Waals surface area contributed by atoms with E-state index in [-0.39, 0.29) is 5.91 Å². The zero-order valence-corrected chi connectivity index (χ0v) is 11.9. The average molecular weight is 299 g/mol. The van der Waals surface area contributed by atoms with E-state index in [1.165, 1.54) is 5.56 Å². The van der Waals surface area contributed by atoms with Gasteiger partial charge in [0.05, 0.1) is 0 Å². The van der Waals surface area contributed by atoms with E-state index < -0.39 is 0 Å². The third-order valence-electron chi connectivity index (χ3n) is 2.70. The molecule has 1 aromatic carbocycles. The first kappa shape index (κ1) is 14.2. The van der Waals surface area contributed by atoms with Gasteiger partial charge in [-0.1, -0.05) is 35.0 Å². The Morgan fingerprint density at radius 2 is 2.00 bits per heavy atom. The normalized spacial score (nSPS) is 12.2. The van der Waals surface area contributed by atoms with E-state index in [1.807, 2.05) is 12.1 Å². The Balaban J connectivity index is 2.48. The molecule has 2 N–H and O–H groups in total. The van der Waals surface area contributed by atoms with Crippen molar-refractivity contribution in [3.8, 4) is 0 Å². The fraction of sp³-hybridized carbons (Fsp3) is 0.462. The molecule has 1 aromatic rings. The molecule has 0 saturated carbocycles. The largest absolute Gasteiger partial charge is 0.359 e. The summed E-state index contributed by atoms with van der Waals surface area (Å²) in [5.74, 6) is 0.0724. The summed E-state index contributed by atoms with van der Waals surface area (Å²) in [6, 6.07) is 8.60. The summed E-state index contributed by atoms with van der Waals surface area (Å²) in [7, 11) is 1.66. The van der Waals surface area contributed by atoms with Crippen LogP contribution in [0.15, 0.2) is 28.7 Å². The third-order valence-corrected chi connectivity index (χ3v) is 3.23. The summed E-state index contributed by atoms with van der Waals surface area (Å²) in [6.07, 6.45) is 1.53. The number of amides is 1. The molecule has 1 rings (SSSR count). The fourth-order valence-electron chi connectivity index (χ4n) is 1.68. The molecule has 94 valence electrons. The minimum absolute atomic E-state index is 0.0724. The van der Waals surface area contributed by atoms with Gasteiger partial charge in [-0.2, -0.15) is 0 Å². The van der Waals surface area contributed by atoms with Gasteiger partial charge in [-0.25, -0.2) is 0 Å². The summed E-state index contributed by atoms with van der Waals surface area (Å²) < 4.78 is 1.08. The lowest BCUT2D eigenvalue weighted by Gasteiger charge is -2.17. The van der Waals surface area contributed by atoms with Crippen molar-refractivity contribution in [2.24, 2.45) is 0 Å². The van der Waals surface area contributed by atoms with Crippen LogP contribution in [0.5, 0.6) is 0 Å². The van der Waals surface area contributed by atoms with Crippen LogP contribution in [-0.4, -0.2) is 19.5 Å². The van der Waals surface area contributed by atoms with Gasteiger partial charge in [0.25, 0.3) is 0 Å². The number of rotatable bonds is 6. The van der Waals surface area contributed by atoms with Crippen LogP contribution < -0.4 is 10.6 Å². The van der Waals surface area contributed by atoms with Crippen LogP contribution in [-0.2, 0) is 4.79 Å². The van der Waals surface area contributed by atoms with Crippen LogP contribution in [0.1, 0.15) is 31.4 Å². The monoisotopic (exact) mass is 298 g/mol. The van der Waals surface area contributed by atoms with Crippen molar-refractivity contribution in [1.82, 2.24) is 10.6 Å². The van der Waals surface area contributed by atoms with Crippen molar-refractivity contribution >= 4 is 21.8 Å². The molecule has 0 spiro atoms. The number of nitrogens with one attached hydrogen (secondary N) is 2. The van der Waals surface area contributed by atoms with Crippen molar-refractivity contribution in [3.63, 3.8) is 0 Å². The molecule has 1 atom stereocenters. The maximum Gasteiger partial charge on any atom is 0.221 e. The Morgan fingerprint density at radius 1 is 1.35 bits per heavy atom. The Hall–Kier alpha value is -0.870. The van der Waals surface area contributed by atoms with E-state index in [2.05, 4.69) is 45.6 Å². The summed E-state index contributed by atoms with van der Waals surface area (Å²) in [6.45, 7) is 2.84. The second-order valence-electron chi connectivity index (χ2n) is 3.89. The van der Waals surface area contributed by atoms with E-state index in [4.69, 9.17) is 0 Å². The van der Waals surface area contributed by atoms with Crippen molar-refractivity contribution in [2.75, 3.05) is 13.6 Å². The first-order chi connectivity index (χ1) is 8.17. The standard InChI is InChI=1S/C13H19BrN2O/c1-3-12(16-9-8-13(17)15-2)10-4-6-11(14)7-5-10/h4-7,12,16H,3,8-9H2,1-2H3,(H,15,17). The van der Waals surface area contributed by atoms with Crippen molar-refractivity contribution in [1.29, 1.82) is 0 Å². The molecule has 0 saturated heterocycles.